The number of hydrogen-bond donors (Lipinski definition) is 2. The number of nitrogens with one attached hydrogen (secondary N) is 1. The van der Waals surface area contributed by atoms with Crippen molar-refractivity contribution in [2.24, 2.45) is 5.92 Å². The van der Waals surface area contributed by atoms with Crippen LogP contribution in [0.2, 0.25) is 0 Å². The highest BCUT2D eigenvalue weighted by Crippen LogP contribution is 2.15. The number of β-amino-alcohol motifs (C(OH)–C–C–N with tert-alkyl or cyclic N) is 1. The van der Waals surface area contributed by atoms with E-state index < -0.39 is 0 Å². The van der Waals surface area contributed by atoms with Gasteiger partial charge in [0.2, 0.25) is 0 Å². The number of ether oxygens (including phenoxy) is 1. The first-order chi connectivity index (χ1) is 8.26. The summed E-state index contributed by atoms with van der Waals surface area (Å²) in [6.45, 7) is 10.4. The summed E-state index contributed by atoms with van der Waals surface area (Å²) in [5.74, 6) is 0.739. The SMILES string of the molecule is CCNCC1CCCN(CC(O)COCC)C1. The lowest BCUT2D eigenvalue weighted by Crippen LogP contribution is -2.43. The summed E-state index contributed by atoms with van der Waals surface area (Å²) >= 11 is 0. The van der Waals surface area contributed by atoms with Gasteiger partial charge in [-0.25, -0.2) is 0 Å². The molecule has 4 heteroatoms. The molecule has 2 N–H and O–H groups in total. The Balaban J connectivity index is 2.19. The molecule has 1 aliphatic heterocycles. The van der Waals surface area contributed by atoms with E-state index in [0.29, 0.717) is 13.2 Å². The van der Waals surface area contributed by atoms with Crippen molar-refractivity contribution in [2.75, 3.05) is 45.9 Å². The maximum atomic E-state index is 9.81. The normalized spacial score (nSPS) is 23.8. The van der Waals surface area contributed by atoms with Crippen molar-refractivity contribution < 1.29 is 9.84 Å². The highest BCUT2D eigenvalue weighted by Gasteiger charge is 2.21. The van der Waals surface area contributed by atoms with Gasteiger partial charge in [0.15, 0.2) is 0 Å². The zero-order valence-corrected chi connectivity index (χ0v) is 11.3. The van der Waals surface area contributed by atoms with Crippen LogP contribution in [0, 0.1) is 5.92 Å². The molecule has 0 saturated carbocycles. The minimum absolute atomic E-state index is 0.340. The van der Waals surface area contributed by atoms with Gasteiger partial charge in [0, 0.05) is 19.7 Å². The summed E-state index contributed by atoms with van der Waals surface area (Å²) in [5.41, 5.74) is 0. The minimum Gasteiger partial charge on any atom is -0.389 e. The molecular formula is C13H28N2O2. The van der Waals surface area contributed by atoms with Crippen molar-refractivity contribution in [1.82, 2.24) is 10.2 Å². The Hall–Kier alpha value is -0.160. The van der Waals surface area contributed by atoms with Crippen molar-refractivity contribution in [3.8, 4) is 0 Å². The fraction of sp³-hybridized carbons (Fsp3) is 1.00. The van der Waals surface area contributed by atoms with E-state index in [-0.39, 0.29) is 6.10 Å². The first-order valence-corrected chi connectivity index (χ1v) is 6.95. The molecule has 2 atom stereocenters. The second-order valence-electron chi connectivity index (χ2n) is 4.89. The Bertz CT molecular complexity index is 188. The van der Waals surface area contributed by atoms with E-state index in [2.05, 4.69) is 17.1 Å². The topological polar surface area (TPSA) is 44.7 Å². The second kappa shape index (κ2) is 8.86. The van der Waals surface area contributed by atoms with Crippen LogP contribution < -0.4 is 5.32 Å². The molecule has 0 aromatic rings. The van der Waals surface area contributed by atoms with Crippen LogP contribution in [-0.2, 0) is 4.74 Å². The molecule has 0 aromatic heterocycles. The molecule has 0 spiro atoms. The van der Waals surface area contributed by atoms with Crippen molar-refractivity contribution in [1.29, 1.82) is 0 Å². The molecule has 2 unspecified atom stereocenters. The van der Waals surface area contributed by atoms with Crippen molar-refractivity contribution >= 4 is 0 Å². The Morgan fingerprint density at radius 2 is 2.29 bits per heavy atom. The van der Waals surface area contributed by atoms with E-state index in [4.69, 9.17) is 4.74 Å². The third kappa shape index (κ3) is 6.36. The van der Waals surface area contributed by atoms with Crippen molar-refractivity contribution in [2.45, 2.75) is 32.8 Å². The zero-order valence-electron chi connectivity index (χ0n) is 11.3. The van der Waals surface area contributed by atoms with Crippen LogP contribution in [0.25, 0.3) is 0 Å². The first kappa shape index (κ1) is 14.9. The zero-order chi connectivity index (χ0) is 12.5. The van der Waals surface area contributed by atoms with Gasteiger partial charge < -0.3 is 20.1 Å². The van der Waals surface area contributed by atoms with Gasteiger partial charge >= 0.3 is 0 Å². The number of aliphatic hydroxyl groups is 1. The molecule has 1 rings (SSSR count). The molecule has 0 amide bonds. The lowest BCUT2D eigenvalue weighted by molar-refractivity contribution is 0.0130. The highest BCUT2D eigenvalue weighted by atomic mass is 16.5. The molecule has 17 heavy (non-hydrogen) atoms. The quantitative estimate of drug-likeness (QED) is 0.660. The summed E-state index contributed by atoms with van der Waals surface area (Å²) in [6.07, 6.45) is 2.22. The van der Waals surface area contributed by atoms with Gasteiger partial charge in [-0.1, -0.05) is 6.92 Å². The van der Waals surface area contributed by atoms with Gasteiger partial charge in [-0.05, 0) is 45.3 Å². The summed E-state index contributed by atoms with van der Waals surface area (Å²) in [7, 11) is 0. The Morgan fingerprint density at radius 1 is 1.47 bits per heavy atom. The van der Waals surface area contributed by atoms with E-state index in [1.165, 1.54) is 12.8 Å². The predicted octanol–water partition coefficient (Wildman–Crippen LogP) is 0.705. The molecular weight excluding hydrogens is 216 g/mol. The summed E-state index contributed by atoms with van der Waals surface area (Å²) < 4.78 is 5.24. The van der Waals surface area contributed by atoms with Crippen molar-refractivity contribution in [3.63, 3.8) is 0 Å². The molecule has 1 heterocycles. The number of nitrogens with zero attached hydrogens (tertiary/aromatic N) is 1. The molecule has 0 aromatic carbocycles. The van der Waals surface area contributed by atoms with Crippen LogP contribution in [0.5, 0.6) is 0 Å². The third-order valence-corrected chi connectivity index (χ3v) is 3.27. The predicted molar refractivity (Wildman–Crippen MR) is 70.2 cm³/mol. The van der Waals surface area contributed by atoms with Gasteiger partial charge in [0.05, 0.1) is 12.7 Å². The molecule has 4 nitrogen and oxygen atoms in total. The summed E-state index contributed by atoms with van der Waals surface area (Å²) in [4.78, 5) is 2.37. The average Bonchev–Trinajstić information content (AvgIpc) is 2.34. The standard InChI is InChI=1S/C13H28N2O2/c1-3-14-8-12-6-5-7-15(9-12)10-13(16)11-17-4-2/h12-14,16H,3-11H2,1-2H3. The molecule has 1 aliphatic rings. The van der Waals surface area contributed by atoms with E-state index >= 15 is 0 Å². The Labute approximate surface area is 105 Å². The van der Waals surface area contributed by atoms with Gasteiger partial charge in [-0.2, -0.15) is 0 Å². The molecule has 0 radical (unpaired) electrons. The fourth-order valence-electron chi connectivity index (χ4n) is 2.44. The summed E-state index contributed by atoms with van der Waals surface area (Å²) in [5, 5.41) is 13.2. The van der Waals surface area contributed by atoms with Crippen LogP contribution >= 0.6 is 0 Å². The molecule has 1 fully saturated rings. The van der Waals surface area contributed by atoms with Crippen LogP contribution in [-0.4, -0.2) is 62.0 Å². The van der Waals surface area contributed by atoms with Gasteiger partial charge in [-0.3, -0.25) is 0 Å². The van der Waals surface area contributed by atoms with Crippen LogP contribution in [0.15, 0.2) is 0 Å². The van der Waals surface area contributed by atoms with Crippen LogP contribution in [0.1, 0.15) is 26.7 Å². The fourth-order valence-corrected chi connectivity index (χ4v) is 2.44. The molecule has 0 bridgehead atoms. The van der Waals surface area contributed by atoms with Gasteiger partial charge in [0.25, 0.3) is 0 Å². The molecule has 102 valence electrons. The number of hydrogen-bond acceptors (Lipinski definition) is 4. The molecule has 0 aliphatic carbocycles. The van der Waals surface area contributed by atoms with Crippen LogP contribution in [0.3, 0.4) is 0 Å². The number of piperidine rings is 1. The minimum atomic E-state index is -0.340. The third-order valence-electron chi connectivity index (χ3n) is 3.27. The lowest BCUT2D eigenvalue weighted by atomic mass is 9.98. The number of likely N-dealkylation sites (tertiary alicyclic amines) is 1. The average molecular weight is 244 g/mol. The smallest absolute Gasteiger partial charge is 0.0900 e. The Morgan fingerprint density at radius 3 is 3.00 bits per heavy atom. The second-order valence-corrected chi connectivity index (χ2v) is 4.89. The van der Waals surface area contributed by atoms with E-state index in [0.717, 1.165) is 38.6 Å². The molecule has 1 saturated heterocycles. The van der Waals surface area contributed by atoms with Gasteiger partial charge in [-0.15, -0.1) is 0 Å². The number of aliphatic hydroxyl groups excluding tert-OH is 1. The van der Waals surface area contributed by atoms with Gasteiger partial charge in [0.1, 0.15) is 0 Å². The van der Waals surface area contributed by atoms with Crippen LogP contribution in [0.4, 0.5) is 0 Å². The monoisotopic (exact) mass is 244 g/mol. The highest BCUT2D eigenvalue weighted by molar-refractivity contribution is 4.76. The maximum Gasteiger partial charge on any atom is 0.0900 e. The largest absolute Gasteiger partial charge is 0.389 e. The number of rotatable bonds is 8. The first-order valence-electron chi connectivity index (χ1n) is 6.95. The Kier molecular flexibility index (Phi) is 7.77. The van der Waals surface area contributed by atoms with E-state index in [1.54, 1.807) is 0 Å². The lowest BCUT2D eigenvalue weighted by Gasteiger charge is -2.34. The van der Waals surface area contributed by atoms with E-state index in [1.807, 2.05) is 6.92 Å². The van der Waals surface area contributed by atoms with E-state index in [9.17, 15) is 5.11 Å². The van der Waals surface area contributed by atoms with Crippen molar-refractivity contribution in [3.05, 3.63) is 0 Å². The summed E-state index contributed by atoms with van der Waals surface area (Å²) in [6, 6.07) is 0. The maximum absolute atomic E-state index is 9.81.